The van der Waals surface area contributed by atoms with E-state index in [1.807, 2.05) is 0 Å². The normalized spacial score (nSPS) is 9.38. The molecule has 16 heavy (non-hydrogen) atoms. The Labute approximate surface area is 94.1 Å². The molecule has 0 spiro atoms. The van der Waals surface area contributed by atoms with E-state index < -0.39 is 18.4 Å². The second kappa shape index (κ2) is 6.60. The van der Waals surface area contributed by atoms with Gasteiger partial charge in [-0.3, -0.25) is 14.4 Å². The Kier molecular flexibility index (Phi) is 5.84. The van der Waals surface area contributed by atoms with E-state index in [1.165, 1.54) is 24.9 Å². The molecule has 0 bridgehead atoms. The van der Waals surface area contributed by atoms with E-state index in [9.17, 15) is 14.4 Å². The summed E-state index contributed by atoms with van der Waals surface area (Å²) in [4.78, 5) is 35.3. The minimum absolute atomic E-state index is 0.129. The molecule has 0 aliphatic heterocycles. The van der Waals surface area contributed by atoms with Crippen molar-refractivity contribution in [3.63, 3.8) is 0 Å². The molecule has 0 unspecified atom stereocenters. The van der Waals surface area contributed by atoms with Crippen LogP contribution in [0, 0.1) is 0 Å². The largest absolute Gasteiger partial charge is 0.480 e. The van der Waals surface area contributed by atoms with Crippen molar-refractivity contribution in [1.82, 2.24) is 9.80 Å². The van der Waals surface area contributed by atoms with Crippen molar-refractivity contribution in [2.75, 3.05) is 26.7 Å². The number of carbonyl (C=O) groups is 3. The summed E-state index contributed by atoms with van der Waals surface area (Å²) >= 11 is 0. The highest BCUT2D eigenvalue weighted by atomic mass is 16.4. The summed E-state index contributed by atoms with van der Waals surface area (Å²) in [6.07, 6.45) is 1.44. The van der Waals surface area contributed by atoms with Crippen LogP contribution in [0.5, 0.6) is 0 Å². The third-order valence-electron chi connectivity index (χ3n) is 1.94. The van der Waals surface area contributed by atoms with Crippen LogP contribution in [0.2, 0.25) is 0 Å². The molecule has 0 saturated carbocycles. The second-order valence-electron chi connectivity index (χ2n) is 3.33. The van der Waals surface area contributed by atoms with Gasteiger partial charge in [-0.2, -0.15) is 0 Å². The number of carboxylic acids is 1. The lowest BCUT2D eigenvalue weighted by atomic mass is 10.4. The molecule has 6 nitrogen and oxygen atoms in total. The minimum Gasteiger partial charge on any atom is -0.480 e. The molecule has 90 valence electrons. The predicted molar refractivity (Wildman–Crippen MR) is 57.7 cm³/mol. The third-order valence-corrected chi connectivity index (χ3v) is 1.94. The Morgan fingerprint density at radius 3 is 2.25 bits per heavy atom. The van der Waals surface area contributed by atoms with Crippen LogP contribution in [0.25, 0.3) is 0 Å². The van der Waals surface area contributed by atoms with E-state index in [2.05, 4.69) is 6.58 Å². The van der Waals surface area contributed by atoms with Crippen LogP contribution in [0.15, 0.2) is 12.7 Å². The third kappa shape index (κ3) is 5.14. The highest BCUT2D eigenvalue weighted by molar-refractivity contribution is 5.86. The molecule has 0 aromatic rings. The number of carbonyl (C=O) groups excluding carboxylic acids is 2. The lowest BCUT2D eigenvalue weighted by molar-refractivity contribution is -0.145. The first-order chi connectivity index (χ1) is 7.38. The topological polar surface area (TPSA) is 77.9 Å². The molecule has 0 fully saturated rings. The maximum absolute atomic E-state index is 11.6. The van der Waals surface area contributed by atoms with Crippen molar-refractivity contribution in [3.8, 4) is 0 Å². The van der Waals surface area contributed by atoms with Crippen LogP contribution in [0.1, 0.15) is 6.92 Å². The van der Waals surface area contributed by atoms with Crippen LogP contribution in [-0.2, 0) is 14.4 Å². The van der Waals surface area contributed by atoms with Crippen molar-refractivity contribution in [2.45, 2.75) is 6.92 Å². The SMILES string of the molecule is C=CCN(CC(=O)O)C(=O)CN(C)C(C)=O. The maximum Gasteiger partial charge on any atom is 0.323 e. The molecule has 0 saturated heterocycles. The summed E-state index contributed by atoms with van der Waals surface area (Å²) in [6.45, 7) is 4.40. The van der Waals surface area contributed by atoms with Gasteiger partial charge < -0.3 is 14.9 Å². The maximum atomic E-state index is 11.6. The molecule has 6 heteroatoms. The molecule has 0 aliphatic carbocycles. The summed E-state index contributed by atoms with van der Waals surface area (Å²) in [7, 11) is 1.48. The molecule has 0 aromatic heterocycles. The number of likely N-dealkylation sites (N-methyl/N-ethyl adjacent to an activating group) is 1. The van der Waals surface area contributed by atoms with Gasteiger partial charge in [0.2, 0.25) is 11.8 Å². The van der Waals surface area contributed by atoms with E-state index in [1.54, 1.807) is 0 Å². The van der Waals surface area contributed by atoms with E-state index in [4.69, 9.17) is 5.11 Å². The van der Waals surface area contributed by atoms with Crippen molar-refractivity contribution < 1.29 is 19.5 Å². The van der Waals surface area contributed by atoms with Gasteiger partial charge in [0.15, 0.2) is 0 Å². The van der Waals surface area contributed by atoms with E-state index in [0.29, 0.717) is 0 Å². The lowest BCUT2D eigenvalue weighted by Gasteiger charge is -2.22. The van der Waals surface area contributed by atoms with Crippen LogP contribution in [-0.4, -0.2) is 59.4 Å². The quantitative estimate of drug-likeness (QED) is 0.625. The lowest BCUT2D eigenvalue weighted by Crippen LogP contribution is -2.42. The molecule has 0 atom stereocenters. The predicted octanol–water partition coefficient (Wildman–Crippen LogP) is -0.436. The zero-order valence-corrected chi connectivity index (χ0v) is 9.47. The van der Waals surface area contributed by atoms with E-state index in [-0.39, 0.29) is 19.0 Å². The first-order valence-corrected chi connectivity index (χ1v) is 4.70. The number of amides is 2. The number of rotatable bonds is 6. The average Bonchev–Trinajstić information content (AvgIpc) is 2.16. The van der Waals surface area contributed by atoms with Crippen molar-refractivity contribution in [2.24, 2.45) is 0 Å². The van der Waals surface area contributed by atoms with Gasteiger partial charge in [0, 0.05) is 20.5 Å². The standard InChI is InChI=1S/C10H16N2O4/c1-4-5-12(7-10(15)16)9(14)6-11(3)8(2)13/h4H,1,5-7H2,2-3H3,(H,15,16). The van der Waals surface area contributed by atoms with Gasteiger partial charge >= 0.3 is 5.97 Å². The van der Waals surface area contributed by atoms with Gasteiger partial charge in [-0.25, -0.2) is 0 Å². The minimum atomic E-state index is -1.10. The summed E-state index contributed by atoms with van der Waals surface area (Å²) in [5.74, 6) is -1.76. The highest BCUT2D eigenvalue weighted by Gasteiger charge is 2.17. The van der Waals surface area contributed by atoms with Gasteiger partial charge in [0.25, 0.3) is 0 Å². The Morgan fingerprint density at radius 1 is 1.31 bits per heavy atom. The number of hydrogen-bond donors (Lipinski definition) is 1. The molecule has 0 heterocycles. The van der Waals surface area contributed by atoms with Gasteiger partial charge in [0.1, 0.15) is 6.54 Å². The van der Waals surface area contributed by atoms with Gasteiger partial charge in [-0.05, 0) is 0 Å². The summed E-state index contributed by atoms with van der Waals surface area (Å²) in [6, 6.07) is 0. The Hall–Kier alpha value is -1.85. The van der Waals surface area contributed by atoms with E-state index >= 15 is 0 Å². The Balaban J connectivity index is 4.42. The zero-order valence-electron chi connectivity index (χ0n) is 9.47. The molecule has 0 radical (unpaired) electrons. The molecule has 2 amide bonds. The Bertz CT molecular complexity index is 301. The number of carboxylic acid groups (broad SMARTS) is 1. The fraction of sp³-hybridized carbons (Fsp3) is 0.500. The zero-order chi connectivity index (χ0) is 12.7. The fourth-order valence-electron chi connectivity index (χ4n) is 0.988. The molecular formula is C10H16N2O4. The summed E-state index contributed by atoms with van der Waals surface area (Å²) < 4.78 is 0. The molecule has 0 aromatic carbocycles. The smallest absolute Gasteiger partial charge is 0.323 e. The number of aliphatic carboxylic acids is 1. The van der Waals surface area contributed by atoms with Crippen LogP contribution in [0.3, 0.4) is 0 Å². The number of hydrogen-bond acceptors (Lipinski definition) is 3. The summed E-state index contributed by atoms with van der Waals surface area (Å²) in [5, 5.41) is 8.59. The second-order valence-corrected chi connectivity index (χ2v) is 3.33. The first-order valence-electron chi connectivity index (χ1n) is 4.70. The number of nitrogens with zero attached hydrogens (tertiary/aromatic N) is 2. The molecule has 0 rings (SSSR count). The van der Waals surface area contributed by atoms with E-state index in [0.717, 1.165) is 4.90 Å². The first kappa shape index (κ1) is 14.2. The average molecular weight is 228 g/mol. The molecule has 0 aliphatic rings. The molecular weight excluding hydrogens is 212 g/mol. The van der Waals surface area contributed by atoms with Gasteiger partial charge in [-0.1, -0.05) is 6.08 Å². The fourth-order valence-corrected chi connectivity index (χ4v) is 0.988. The molecule has 1 N–H and O–H groups in total. The van der Waals surface area contributed by atoms with Crippen LogP contribution < -0.4 is 0 Å². The van der Waals surface area contributed by atoms with Gasteiger partial charge in [-0.15, -0.1) is 6.58 Å². The van der Waals surface area contributed by atoms with Gasteiger partial charge in [0.05, 0.1) is 6.54 Å². The summed E-state index contributed by atoms with van der Waals surface area (Å²) in [5.41, 5.74) is 0. The van der Waals surface area contributed by atoms with Crippen molar-refractivity contribution >= 4 is 17.8 Å². The highest BCUT2D eigenvalue weighted by Crippen LogP contribution is 1.94. The van der Waals surface area contributed by atoms with Crippen LogP contribution >= 0.6 is 0 Å². The van der Waals surface area contributed by atoms with Crippen molar-refractivity contribution in [1.29, 1.82) is 0 Å². The van der Waals surface area contributed by atoms with Crippen LogP contribution in [0.4, 0.5) is 0 Å². The monoisotopic (exact) mass is 228 g/mol. The van der Waals surface area contributed by atoms with Crippen molar-refractivity contribution in [3.05, 3.63) is 12.7 Å². The Morgan fingerprint density at radius 2 is 1.88 bits per heavy atom.